The lowest BCUT2D eigenvalue weighted by Crippen LogP contribution is -2.08. The van der Waals surface area contributed by atoms with E-state index in [1.165, 1.54) is 0 Å². The van der Waals surface area contributed by atoms with Gasteiger partial charge in [-0.2, -0.15) is 5.10 Å². The average Bonchev–Trinajstić information content (AvgIpc) is 2.95. The molecule has 3 aromatic rings. The molecule has 3 rings (SSSR count). The minimum atomic E-state index is 0.665. The van der Waals surface area contributed by atoms with E-state index < -0.39 is 0 Å². The van der Waals surface area contributed by atoms with Crippen molar-refractivity contribution in [2.24, 2.45) is 0 Å². The molecule has 23 heavy (non-hydrogen) atoms. The van der Waals surface area contributed by atoms with Crippen LogP contribution in [-0.4, -0.2) is 21.4 Å². The molecule has 0 saturated carbocycles. The topological polar surface area (TPSA) is 39.9 Å². The second kappa shape index (κ2) is 7.09. The van der Waals surface area contributed by atoms with Crippen molar-refractivity contribution < 1.29 is 4.74 Å². The predicted octanol–water partition coefficient (Wildman–Crippen LogP) is 4.03. The van der Waals surface area contributed by atoms with Gasteiger partial charge in [-0.3, -0.25) is 0 Å². The number of aryl methyl sites for hydroxylation is 3. The van der Waals surface area contributed by atoms with E-state index in [4.69, 9.17) is 4.74 Å². The second-order valence-electron chi connectivity index (χ2n) is 5.54. The Hall–Kier alpha value is -2.62. The molecular formula is C19H21N3O. The van der Waals surface area contributed by atoms with Crippen LogP contribution < -0.4 is 4.74 Å². The Balaban J connectivity index is 1.62. The summed E-state index contributed by atoms with van der Waals surface area (Å²) in [5, 5.41) is 4.50. The highest BCUT2D eigenvalue weighted by atomic mass is 16.5. The Kier molecular flexibility index (Phi) is 4.71. The lowest BCUT2D eigenvalue weighted by Gasteiger charge is -2.09. The van der Waals surface area contributed by atoms with E-state index in [2.05, 4.69) is 35.2 Å². The second-order valence-corrected chi connectivity index (χ2v) is 5.54. The minimum Gasteiger partial charge on any atom is -0.493 e. The van der Waals surface area contributed by atoms with Gasteiger partial charge in [0.15, 0.2) is 5.82 Å². The van der Waals surface area contributed by atoms with Crippen LogP contribution in [0.1, 0.15) is 17.8 Å². The maximum atomic E-state index is 5.85. The van der Waals surface area contributed by atoms with Crippen LogP contribution in [0.5, 0.6) is 5.75 Å². The molecule has 1 heterocycles. The van der Waals surface area contributed by atoms with Gasteiger partial charge in [0.2, 0.25) is 0 Å². The molecule has 0 radical (unpaired) electrons. The van der Waals surface area contributed by atoms with Crippen molar-refractivity contribution >= 4 is 0 Å². The normalized spacial score (nSPS) is 10.7. The summed E-state index contributed by atoms with van der Waals surface area (Å²) in [6.07, 6.45) is 0.886. The largest absolute Gasteiger partial charge is 0.493 e. The molecule has 1 aromatic heterocycles. The van der Waals surface area contributed by atoms with Crippen LogP contribution in [0.4, 0.5) is 0 Å². The molecule has 0 amide bonds. The van der Waals surface area contributed by atoms with Crippen LogP contribution in [0, 0.1) is 13.8 Å². The highest BCUT2D eigenvalue weighted by Gasteiger charge is 2.09. The van der Waals surface area contributed by atoms with Gasteiger partial charge < -0.3 is 4.74 Å². The minimum absolute atomic E-state index is 0.665. The highest BCUT2D eigenvalue weighted by molar-refractivity contribution is 5.54. The first-order chi connectivity index (χ1) is 11.2. The zero-order valence-corrected chi connectivity index (χ0v) is 13.6. The quantitative estimate of drug-likeness (QED) is 0.645. The molecule has 4 nitrogen and oxygen atoms in total. The molecule has 0 fully saturated rings. The van der Waals surface area contributed by atoms with Crippen LogP contribution in [0.3, 0.4) is 0 Å². The van der Waals surface area contributed by atoms with Crippen molar-refractivity contribution in [1.29, 1.82) is 0 Å². The van der Waals surface area contributed by atoms with Crippen molar-refractivity contribution in [3.8, 4) is 17.1 Å². The first-order valence-electron chi connectivity index (χ1n) is 7.89. The van der Waals surface area contributed by atoms with Crippen LogP contribution >= 0.6 is 0 Å². The van der Waals surface area contributed by atoms with Gasteiger partial charge in [0.05, 0.1) is 6.61 Å². The van der Waals surface area contributed by atoms with Gasteiger partial charge in [-0.1, -0.05) is 48.5 Å². The average molecular weight is 307 g/mol. The van der Waals surface area contributed by atoms with Gasteiger partial charge in [0.1, 0.15) is 11.6 Å². The summed E-state index contributed by atoms with van der Waals surface area (Å²) in [5.41, 5.74) is 2.25. The molecule has 0 unspecified atom stereocenters. The molecule has 0 atom stereocenters. The fraction of sp³-hybridized carbons (Fsp3) is 0.263. The molecule has 0 aliphatic heterocycles. The maximum Gasteiger partial charge on any atom is 0.158 e. The number of ether oxygens (including phenoxy) is 1. The SMILES string of the molecule is Cc1nc(-c2ccccc2)n(CCCOc2ccccc2C)n1. The van der Waals surface area contributed by atoms with Crippen molar-refractivity contribution in [2.75, 3.05) is 6.61 Å². The summed E-state index contributed by atoms with van der Waals surface area (Å²) < 4.78 is 7.81. The molecule has 0 aliphatic rings. The third kappa shape index (κ3) is 3.77. The molecule has 4 heteroatoms. The Labute approximate surface area is 136 Å². The lowest BCUT2D eigenvalue weighted by molar-refractivity contribution is 0.297. The molecule has 2 aromatic carbocycles. The molecule has 0 aliphatic carbocycles. The van der Waals surface area contributed by atoms with E-state index in [0.717, 1.165) is 41.5 Å². The predicted molar refractivity (Wildman–Crippen MR) is 91.5 cm³/mol. The van der Waals surface area contributed by atoms with Gasteiger partial charge in [-0.25, -0.2) is 9.67 Å². The lowest BCUT2D eigenvalue weighted by atomic mass is 10.2. The Morgan fingerprint density at radius 2 is 1.70 bits per heavy atom. The maximum absolute atomic E-state index is 5.85. The van der Waals surface area contributed by atoms with E-state index in [-0.39, 0.29) is 0 Å². The summed E-state index contributed by atoms with van der Waals surface area (Å²) in [5.74, 6) is 2.66. The smallest absolute Gasteiger partial charge is 0.158 e. The van der Waals surface area contributed by atoms with Crippen LogP contribution in [0.2, 0.25) is 0 Å². The number of nitrogens with zero attached hydrogens (tertiary/aromatic N) is 3. The zero-order chi connectivity index (χ0) is 16.1. The Bertz CT molecular complexity index is 765. The van der Waals surface area contributed by atoms with Crippen LogP contribution in [0.25, 0.3) is 11.4 Å². The van der Waals surface area contributed by atoms with Gasteiger partial charge >= 0.3 is 0 Å². The third-order valence-electron chi connectivity index (χ3n) is 3.68. The van der Waals surface area contributed by atoms with Crippen molar-refractivity contribution in [2.45, 2.75) is 26.8 Å². The standard InChI is InChI=1S/C19H21N3O/c1-15-9-6-7-12-18(15)23-14-8-13-22-19(20-16(2)21-22)17-10-4-3-5-11-17/h3-7,9-12H,8,13-14H2,1-2H3. The van der Waals surface area contributed by atoms with Crippen LogP contribution in [-0.2, 0) is 6.54 Å². The summed E-state index contributed by atoms with van der Waals surface area (Å²) >= 11 is 0. The fourth-order valence-corrected chi connectivity index (χ4v) is 2.53. The van der Waals surface area contributed by atoms with Gasteiger partial charge in [-0.15, -0.1) is 0 Å². The van der Waals surface area contributed by atoms with Crippen molar-refractivity contribution in [3.63, 3.8) is 0 Å². The molecule has 0 spiro atoms. The van der Waals surface area contributed by atoms with E-state index >= 15 is 0 Å². The number of benzene rings is 2. The van der Waals surface area contributed by atoms with Gasteiger partial charge in [0, 0.05) is 18.5 Å². The number of para-hydroxylation sites is 1. The van der Waals surface area contributed by atoms with Crippen LogP contribution in [0.15, 0.2) is 54.6 Å². The Morgan fingerprint density at radius 3 is 2.48 bits per heavy atom. The first-order valence-corrected chi connectivity index (χ1v) is 7.89. The first kappa shape index (κ1) is 15.3. The summed E-state index contributed by atoms with van der Waals surface area (Å²) in [7, 11) is 0. The third-order valence-corrected chi connectivity index (χ3v) is 3.68. The molecule has 0 saturated heterocycles. The summed E-state index contributed by atoms with van der Waals surface area (Å²) in [6, 6.07) is 18.2. The molecule has 0 bridgehead atoms. The number of hydrogen-bond donors (Lipinski definition) is 0. The molecular weight excluding hydrogens is 286 g/mol. The summed E-state index contributed by atoms with van der Waals surface area (Å²) in [6.45, 7) is 5.44. The van der Waals surface area contributed by atoms with Crippen molar-refractivity contribution in [3.05, 3.63) is 66.0 Å². The van der Waals surface area contributed by atoms with Gasteiger partial charge in [-0.05, 0) is 25.5 Å². The number of hydrogen-bond acceptors (Lipinski definition) is 3. The fourth-order valence-electron chi connectivity index (χ4n) is 2.53. The zero-order valence-electron chi connectivity index (χ0n) is 13.6. The van der Waals surface area contributed by atoms with E-state index in [1.807, 2.05) is 48.0 Å². The van der Waals surface area contributed by atoms with Gasteiger partial charge in [0.25, 0.3) is 0 Å². The van der Waals surface area contributed by atoms with E-state index in [9.17, 15) is 0 Å². The summed E-state index contributed by atoms with van der Waals surface area (Å²) in [4.78, 5) is 4.54. The number of aromatic nitrogens is 3. The van der Waals surface area contributed by atoms with E-state index in [1.54, 1.807) is 0 Å². The molecule has 0 N–H and O–H groups in total. The Morgan fingerprint density at radius 1 is 0.957 bits per heavy atom. The highest BCUT2D eigenvalue weighted by Crippen LogP contribution is 2.18. The molecule has 118 valence electrons. The monoisotopic (exact) mass is 307 g/mol. The number of rotatable bonds is 6. The van der Waals surface area contributed by atoms with Crippen molar-refractivity contribution in [1.82, 2.24) is 14.8 Å². The van der Waals surface area contributed by atoms with E-state index in [0.29, 0.717) is 6.61 Å².